The average Bonchev–Trinajstić information content (AvgIpc) is 2.50. The molecule has 0 aliphatic rings. The summed E-state index contributed by atoms with van der Waals surface area (Å²) < 4.78 is 0.817. The lowest BCUT2D eigenvalue weighted by Crippen LogP contribution is -2.33. The second kappa shape index (κ2) is 7.92. The Morgan fingerprint density at radius 3 is 2.26 bits per heavy atom. The fourth-order valence-corrected chi connectivity index (χ4v) is 2.64. The molecular formula is C18H19BrN2O2. The maximum atomic E-state index is 11.9. The first kappa shape index (κ1) is 17.2. The molecule has 4 nitrogen and oxygen atoms in total. The van der Waals surface area contributed by atoms with Crippen molar-refractivity contribution in [2.24, 2.45) is 0 Å². The van der Waals surface area contributed by atoms with Crippen LogP contribution in [0.1, 0.15) is 16.7 Å². The SMILES string of the molecule is Cc1ccc(CC(=O)NCC(=O)Nc2ccc(C)cc2Br)cc1. The van der Waals surface area contributed by atoms with Crippen LogP contribution in [-0.2, 0) is 16.0 Å². The van der Waals surface area contributed by atoms with Crippen LogP contribution in [0, 0.1) is 13.8 Å². The van der Waals surface area contributed by atoms with Gasteiger partial charge in [-0.25, -0.2) is 0 Å². The van der Waals surface area contributed by atoms with E-state index in [-0.39, 0.29) is 24.8 Å². The topological polar surface area (TPSA) is 58.2 Å². The fraction of sp³-hybridized carbons (Fsp3) is 0.222. The molecule has 0 unspecified atom stereocenters. The molecule has 0 heterocycles. The van der Waals surface area contributed by atoms with Crippen LogP contribution in [0.15, 0.2) is 46.9 Å². The minimum atomic E-state index is -0.258. The highest BCUT2D eigenvalue weighted by atomic mass is 79.9. The summed E-state index contributed by atoms with van der Waals surface area (Å²) in [6, 6.07) is 13.4. The molecule has 2 aromatic carbocycles. The quantitative estimate of drug-likeness (QED) is 0.842. The summed E-state index contributed by atoms with van der Waals surface area (Å²) in [5.74, 6) is -0.432. The number of hydrogen-bond acceptors (Lipinski definition) is 2. The lowest BCUT2D eigenvalue weighted by atomic mass is 10.1. The van der Waals surface area contributed by atoms with Gasteiger partial charge in [-0.15, -0.1) is 0 Å². The minimum Gasteiger partial charge on any atom is -0.347 e. The summed E-state index contributed by atoms with van der Waals surface area (Å²) in [5.41, 5.74) is 3.86. The number of hydrogen-bond donors (Lipinski definition) is 2. The number of aryl methyl sites for hydroxylation is 2. The second-order valence-electron chi connectivity index (χ2n) is 5.47. The van der Waals surface area contributed by atoms with Gasteiger partial charge in [0, 0.05) is 4.47 Å². The third kappa shape index (κ3) is 5.53. The van der Waals surface area contributed by atoms with Gasteiger partial charge in [-0.05, 0) is 53.0 Å². The summed E-state index contributed by atoms with van der Waals surface area (Å²) in [6.07, 6.45) is 0.266. The number of halogens is 1. The summed E-state index contributed by atoms with van der Waals surface area (Å²) in [6.45, 7) is 3.92. The maximum Gasteiger partial charge on any atom is 0.243 e. The number of rotatable bonds is 5. The van der Waals surface area contributed by atoms with Gasteiger partial charge in [0.15, 0.2) is 0 Å². The van der Waals surface area contributed by atoms with Crippen LogP contribution in [-0.4, -0.2) is 18.4 Å². The number of carbonyl (C=O) groups excluding carboxylic acids is 2. The predicted octanol–water partition coefficient (Wildman–Crippen LogP) is 3.36. The molecule has 120 valence electrons. The third-order valence-electron chi connectivity index (χ3n) is 3.33. The Morgan fingerprint density at radius 2 is 1.61 bits per heavy atom. The zero-order valence-electron chi connectivity index (χ0n) is 13.2. The van der Waals surface area contributed by atoms with Gasteiger partial charge < -0.3 is 10.6 Å². The Balaban J connectivity index is 1.81. The van der Waals surface area contributed by atoms with Gasteiger partial charge in [-0.3, -0.25) is 9.59 Å². The smallest absolute Gasteiger partial charge is 0.243 e. The number of benzene rings is 2. The molecule has 2 rings (SSSR count). The predicted molar refractivity (Wildman–Crippen MR) is 95.4 cm³/mol. The Labute approximate surface area is 144 Å². The molecule has 2 aromatic rings. The highest BCUT2D eigenvalue weighted by molar-refractivity contribution is 9.10. The van der Waals surface area contributed by atoms with Gasteiger partial charge in [0.05, 0.1) is 18.7 Å². The molecular weight excluding hydrogens is 356 g/mol. The van der Waals surface area contributed by atoms with E-state index in [0.29, 0.717) is 5.69 Å². The zero-order valence-corrected chi connectivity index (χ0v) is 14.7. The molecule has 0 atom stereocenters. The van der Waals surface area contributed by atoms with Gasteiger partial charge in [0.1, 0.15) is 0 Å². The van der Waals surface area contributed by atoms with Crippen molar-refractivity contribution < 1.29 is 9.59 Å². The fourth-order valence-electron chi connectivity index (χ4n) is 2.05. The van der Waals surface area contributed by atoms with Crippen molar-refractivity contribution >= 4 is 33.4 Å². The Morgan fingerprint density at radius 1 is 0.957 bits per heavy atom. The van der Waals surface area contributed by atoms with Crippen LogP contribution in [0.5, 0.6) is 0 Å². The van der Waals surface area contributed by atoms with Crippen molar-refractivity contribution in [2.75, 3.05) is 11.9 Å². The maximum absolute atomic E-state index is 11.9. The lowest BCUT2D eigenvalue weighted by molar-refractivity contribution is -0.123. The van der Waals surface area contributed by atoms with E-state index >= 15 is 0 Å². The van der Waals surface area contributed by atoms with E-state index in [4.69, 9.17) is 0 Å². The summed E-state index contributed by atoms with van der Waals surface area (Å²) in [5, 5.41) is 5.39. The molecule has 0 aliphatic heterocycles. The molecule has 0 spiro atoms. The van der Waals surface area contributed by atoms with E-state index in [1.807, 2.05) is 56.3 Å². The first-order valence-corrected chi connectivity index (χ1v) is 8.11. The van der Waals surface area contributed by atoms with E-state index in [0.717, 1.165) is 21.2 Å². The summed E-state index contributed by atoms with van der Waals surface area (Å²) in [7, 11) is 0. The number of amides is 2. The van der Waals surface area contributed by atoms with Crippen LogP contribution in [0.2, 0.25) is 0 Å². The van der Waals surface area contributed by atoms with E-state index < -0.39 is 0 Å². The summed E-state index contributed by atoms with van der Waals surface area (Å²) in [4.78, 5) is 23.8. The number of anilines is 1. The molecule has 2 N–H and O–H groups in total. The van der Waals surface area contributed by atoms with Crippen molar-refractivity contribution in [3.63, 3.8) is 0 Å². The van der Waals surface area contributed by atoms with E-state index in [9.17, 15) is 9.59 Å². The second-order valence-corrected chi connectivity index (χ2v) is 6.32. The molecule has 0 saturated carbocycles. The Kier molecular flexibility index (Phi) is 5.93. The van der Waals surface area contributed by atoms with E-state index in [1.54, 1.807) is 0 Å². The molecule has 0 radical (unpaired) electrons. The third-order valence-corrected chi connectivity index (χ3v) is 3.99. The molecule has 2 amide bonds. The molecule has 23 heavy (non-hydrogen) atoms. The van der Waals surface area contributed by atoms with Gasteiger partial charge in [-0.1, -0.05) is 35.9 Å². The molecule has 0 fully saturated rings. The highest BCUT2D eigenvalue weighted by Crippen LogP contribution is 2.23. The van der Waals surface area contributed by atoms with E-state index in [1.165, 1.54) is 0 Å². The van der Waals surface area contributed by atoms with Crippen LogP contribution >= 0.6 is 15.9 Å². The largest absolute Gasteiger partial charge is 0.347 e. The van der Waals surface area contributed by atoms with E-state index in [2.05, 4.69) is 26.6 Å². The Bertz CT molecular complexity index is 711. The van der Waals surface area contributed by atoms with Crippen molar-refractivity contribution in [1.82, 2.24) is 5.32 Å². The van der Waals surface area contributed by atoms with Crippen LogP contribution in [0.25, 0.3) is 0 Å². The first-order chi connectivity index (χ1) is 10.9. The normalized spacial score (nSPS) is 10.2. The van der Waals surface area contributed by atoms with Gasteiger partial charge in [-0.2, -0.15) is 0 Å². The van der Waals surface area contributed by atoms with Gasteiger partial charge >= 0.3 is 0 Å². The van der Waals surface area contributed by atoms with Crippen molar-refractivity contribution in [2.45, 2.75) is 20.3 Å². The van der Waals surface area contributed by atoms with Crippen LogP contribution < -0.4 is 10.6 Å². The molecule has 0 bridgehead atoms. The number of carbonyl (C=O) groups is 2. The first-order valence-electron chi connectivity index (χ1n) is 7.32. The molecule has 0 aromatic heterocycles. The van der Waals surface area contributed by atoms with Crippen LogP contribution in [0.3, 0.4) is 0 Å². The van der Waals surface area contributed by atoms with Gasteiger partial charge in [0.2, 0.25) is 11.8 Å². The standard InChI is InChI=1S/C18H19BrN2O2/c1-12-3-6-14(7-4-12)10-17(22)20-11-18(23)21-16-8-5-13(2)9-15(16)19/h3-9H,10-11H2,1-2H3,(H,20,22)(H,21,23). The summed E-state index contributed by atoms with van der Waals surface area (Å²) >= 11 is 3.40. The Hall–Kier alpha value is -2.14. The molecule has 5 heteroatoms. The zero-order chi connectivity index (χ0) is 16.8. The minimum absolute atomic E-state index is 0.0506. The van der Waals surface area contributed by atoms with Crippen LogP contribution in [0.4, 0.5) is 5.69 Å². The lowest BCUT2D eigenvalue weighted by Gasteiger charge is -2.09. The van der Waals surface area contributed by atoms with Crippen molar-refractivity contribution in [3.8, 4) is 0 Å². The number of nitrogens with one attached hydrogen (secondary N) is 2. The monoisotopic (exact) mass is 374 g/mol. The van der Waals surface area contributed by atoms with Crippen molar-refractivity contribution in [1.29, 1.82) is 0 Å². The molecule has 0 aliphatic carbocycles. The highest BCUT2D eigenvalue weighted by Gasteiger charge is 2.08. The molecule has 0 saturated heterocycles. The van der Waals surface area contributed by atoms with Gasteiger partial charge in [0.25, 0.3) is 0 Å². The van der Waals surface area contributed by atoms with Crippen molar-refractivity contribution in [3.05, 3.63) is 63.6 Å². The average molecular weight is 375 g/mol.